The minimum atomic E-state index is -4.65. The van der Waals surface area contributed by atoms with Gasteiger partial charge in [-0.3, -0.25) is 9.78 Å². The molecule has 0 spiro atoms. The fraction of sp³-hybridized carbons (Fsp3) is 0.148. The van der Waals surface area contributed by atoms with Gasteiger partial charge in [0.15, 0.2) is 0 Å². The average Bonchev–Trinajstić information content (AvgIpc) is 2.87. The number of nitrogens with zero attached hydrogens (tertiary/aromatic N) is 1. The number of benzene rings is 3. The van der Waals surface area contributed by atoms with Gasteiger partial charge in [-0.15, -0.1) is 0 Å². The molecule has 3 aromatic carbocycles. The van der Waals surface area contributed by atoms with Gasteiger partial charge in [0.05, 0.1) is 33.8 Å². The van der Waals surface area contributed by atoms with Crippen molar-refractivity contribution in [1.29, 1.82) is 0 Å². The van der Waals surface area contributed by atoms with Crippen molar-refractivity contribution in [2.45, 2.75) is 18.6 Å². The topological polar surface area (TPSA) is 68.3 Å². The Labute approximate surface area is 230 Å². The fourth-order valence-electron chi connectivity index (χ4n) is 4.15. The van der Waals surface area contributed by atoms with E-state index in [4.69, 9.17) is 39.5 Å². The number of halogens is 6. The third kappa shape index (κ3) is 5.57. The second-order valence-corrected chi connectivity index (χ2v) is 9.40. The summed E-state index contributed by atoms with van der Waals surface area (Å²) in [7, 11) is 1.17. The largest absolute Gasteiger partial charge is 0.467 e. The van der Waals surface area contributed by atoms with Crippen LogP contribution in [0.1, 0.15) is 21.5 Å². The van der Waals surface area contributed by atoms with Crippen LogP contribution in [0, 0.1) is 0 Å². The Balaban J connectivity index is 1.78. The smallest absolute Gasteiger partial charge is 0.417 e. The number of nitrogens with one attached hydrogen (secondary N) is 1. The van der Waals surface area contributed by atoms with Gasteiger partial charge in [0.1, 0.15) is 6.04 Å². The molecule has 0 aliphatic heterocycles. The second kappa shape index (κ2) is 11.2. The lowest BCUT2D eigenvalue weighted by Gasteiger charge is -2.20. The number of pyridine rings is 1. The van der Waals surface area contributed by atoms with E-state index in [0.717, 1.165) is 6.07 Å². The lowest BCUT2D eigenvalue weighted by molar-refractivity contribution is -0.142. The first-order valence-electron chi connectivity index (χ1n) is 11.1. The minimum absolute atomic E-state index is 0.0125. The molecule has 0 saturated heterocycles. The summed E-state index contributed by atoms with van der Waals surface area (Å²) in [5.74, 6) is -1.45. The summed E-state index contributed by atoms with van der Waals surface area (Å²) in [6, 6.07) is 13.1. The number of amides is 1. The maximum Gasteiger partial charge on any atom is 0.417 e. The number of hydrogen-bond acceptors (Lipinski definition) is 4. The van der Waals surface area contributed by atoms with Crippen molar-refractivity contribution < 1.29 is 27.5 Å². The molecule has 0 radical (unpaired) electrons. The van der Waals surface area contributed by atoms with E-state index in [9.17, 15) is 22.8 Å². The first-order valence-corrected chi connectivity index (χ1v) is 12.2. The SMILES string of the molecule is COC(=O)[C@H](Cc1ccc(-c2c(Cl)cccc2C(F)(F)F)c2cccnc12)NC(=O)c1c(Cl)cccc1Cl. The molecule has 0 saturated carbocycles. The maximum atomic E-state index is 13.8. The van der Waals surface area contributed by atoms with Gasteiger partial charge in [0.2, 0.25) is 0 Å². The average molecular weight is 582 g/mol. The molecule has 1 aromatic heterocycles. The Morgan fingerprint density at radius 3 is 2.26 bits per heavy atom. The number of carbonyl (C=O) groups is 2. The van der Waals surface area contributed by atoms with Crippen LogP contribution >= 0.6 is 34.8 Å². The van der Waals surface area contributed by atoms with Gasteiger partial charge in [-0.25, -0.2) is 4.79 Å². The Bertz CT molecular complexity index is 1520. The predicted octanol–water partition coefficient (Wildman–Crippen LogP) is 7.39. The van der Waals surface area contributed by atoms with Gasteiger partial charge in [0.25, 0.3) is 5.91 Å². The number of rotatable bonds is 6. The maximum absolute atomic E-state index is 13.8. The summed E-state index contributed by atoms with van der Waals surface area (Å²) in [4.78, 5) is 29.9. The molecule has 0 fully saturated rings. The van der Waals surface area contributed by atoms with Crippen LogP contribution in [0.2, 0.25) is 15.1 Å². The quantitative estimate of drug-likeness (QED) is 0.241. The summed E-state index contributed by atoms with van der Waals surface area (Å²) in [5, 5.41) is 3.08. The summed E-state index contributed by atoms with van der Waals surface area (Å²) in [5.41, 5.74) is -0.0581. The highest BCUT2D eigenvalue weighted by atomic mass is 35.5. The Morgan fingerprint density at radius 2 is 1.61 bits per heavy atom. The first-order chi connectivity index (χ1) is 18.0. The molecule has 1 heterocycles. The van der Waals surface area contributed by atoms with Crippen LogP contribution in [0.5, 0.6) is 0 Å². The van der Waals surface area contributed by atoms with Crippen molar-refractivity contribution in [2.75, 3.05) is 7.11 Å². The zero-order valence-electron chi connectivity index (χ0n) is 19.6. The van der Waals surface area contributed by atoms with Crippen LogP contribution in [-0.2, 0) is 22.1 Å². The van der Waals surface area contributed by atoms with E-state index < -0.39 is 29.7 Å². The number of hydrogen-bond donors (Lipinski definition) is 1. The van der Waals surface area contributed by atoms with Crippen molar-refractivity contribution in [3.63, 3.8) is 0 Å². The third-order valence-electron chi connectivity index (χ3n) is 5.85. The molecule has 38 heavy (non-hydrogen) atoms. The van der Waals surface area contributed by atoms with Crippen LogP contribution < -0.4 is 5.32 Å². The van der Waals surface area contributed by atoms with Crippen LogP contribution in [0.3, 0.4) is 0 Å². The number of carbonyl (C=O) groups excluding carboxylic acids is 2. The van der Waals surface area contributed by atoms with E-state index in [1.165, 1.54) is 43.6 Å². The van der Waals surface area contributed by atoms with E-state index in [-0.39, 0.29) is 38.2 Å². The first kappa shape index (κ1) is 27.7. The standard InChI is InChI=1S/C27H18Cl3F3N2O3/c1-38-26(37)21(35-25(36)23-19(29)8-3-9-20(23)30)13-14-10-11-15(16-5-4-12-34-24(14)16)22-17(27(31,32)33)6-2-7-18(22)28/h2-12,21H,13H2,1H3,(H,35,36)/t21-/m0/s1. The molecule has 196 valence electrons. The predicted molar refractivity (Wildman–Crippen MR) is 141 cm³/mol. The molecular formula is C27H18Cl3F3N2O3. The van der Waals surface area contributed by atoms with Gasteiger partial charge in [-0.1, -0.05) is 65.1 Å². The summed E-state index contributed by atoms with van der Waals surface area (Å²) < 4.78 is 46.4. The van der Waals surface area contributed by atoms with E-state index in [1.807, 2.05) is 0 Å². The van der Waals surface area contributed by atoms with Gasteiger partial charge in [0, 0.05) is 28.6 Å². The van der Waals surface area contributed by atoms with Gasteiger partial charge >= 0.3 is 12.1 Å². The number of methoxy groups -OCH3 is 1. The van der Waals surface area contributed by atoms with Crippen molar-refractivity contribution >= 4 is 57.6 Å². The molecule has 4 rings (SSSR count). The highest BCUT2D eigenvalue weighted by Crippen LogP contribution is 2.43. The van der Waals surface area contributed by atoms with Crippen LogP contribution in [0.25, 0.3) is 22.0 Å². The Hall–Kier alpha value is -3.33. The van der Waals surface area contributed by atoms with Gasteiger partial charge in [-0.2, -0.15) is 13.2 Å². The van der Waals surface area contributed by atoms with Crippen LogP contribution in [-0.4, -0.2) is 30.0 Å². The molecule has 5 nitrogen and oxygen atoms in total. The number of fused-ring (bicyclic) bond motifs is 1. The molecule has 0 bridgehead atoms. The highest BCUT2D eigenvalue weighted by molar-refractivity contribution is 6.39. The molecule has 4 aromatic rings. The summed E-state index contributed by atoms with van der Waals surface area (Å²) in [6.07, 6.45) is -3.25. The van der Waals surface area contributed by atoms with Gasteiger partial charge in [-0.05, 0) is 41.5 Å². The van der Waals surface area contributed by atoms with E-state index in [2.05, 4.69) is 10.3 Å². The Morgan fingerprint density at radius 1 is 0.947 bits per heavy atom. The number of alkyl halides is 3. The molecule has 0 unspecified atom stereocenters. The van der Waals surface area contributed by atoms with E-state index in [1.54, 1.807) is 24.3 Å². The van der Waals surface area contributed by atoms with Crippen molar-refractivity contribution in [3.05, 3.63) is 98.6 Å². The van der Waals surface area contributed by atoms with Crippen LogP contribution in [0.4, 0.5) is 13.2 Å². The summed E-state index contributed by atoms with van der Waals surface area (Å²) in [6.45, 7) is 0. The number of aromatic nitrogens is 1. The molecule has 1 N–H and O–H groups in total. The molecule has 0 aliphatic rings. The Kier molecular flexibility index (Phi) is 8.16. The third-order valence-corrected chi connectivity index (χ3v) is 6.79. The molecule has 1 atom stereocenters. The molecule has 11 heteroatoms. The normalized spacial score (nSPS) is 12.3. The van der Waals surface area contributed by atoms with Gasteiger partial charge < -0.3 is 10.1 Å². The van der Waals surface area contributed by atoms with Crippen molar-refractivity contribution in [2.24, 2.45) is 0 Å². The lowest BCUT2D eigenvalue weighted by Crippen LogP contribution is -2.43. The highest BCUT2D eigenvalue weighted by Gasteiger charge is 2.35. The van der Waals surface area contributed by atoms with Crippen molar-refractivity contribution in [1.82, 2.24) is 10.3 Å². The zero-order valence-corrected chi connectivity index (χ0v) is 21.8. The monoisotopic (exact) mass is 580 g/mol. The van der Waals surface area contributed by atoms with Crippen LogP contribution in [0.15, 0.2) is 66.9 Å². The number of esters is 1. The zero-order chi connectivity index (χ0) is 27.6. The fourth-order valence-corrected chi connectivity index (χ4v) is 4.99. The lowest BCUT2D eigenvalue weighted by atomic mass is 9.92. The minimum Gasteiger partial charge on any atom is -0.467 e. The summed E-state index contributed by atoms with van der Waals surface area (Å²) >= 11 is 18.5. The van der Waals surface area contributed by atoms with E-state index in [0.29, 0.717) is 16.5 Å². The second-order valence-electron chi connectivity index (χ2n) is 8.18. The van der Waals surface area contributed by atoms with E-state index >= 15 is 0 Å². The number of ether oxygens (including phenoxy) is 1. The molecule has 0 aliphatic carbocycles. The van der Waals surface area contributed by atoms with Crippen molar-refractivity contribution in [3.8, 4) is 11.1 Å². The molecular weight excluding hydrogens is 564 g/mol. The molecule has 1 amide bonds.